The van der Waals surface area contributed by atoms with E-state index in [-0.39, 0.29) is 5.95 Å². The van der Waals surface area contributed by atoms with Gasteiger partial charge in [-0.15, -0.1) is 0 Å². The molecule has 0 aliphatic heterocycles. The molecule has 3 rings (SSSR count). The number of benzene rings is 1. The average Bonchev–Trinajstić information content (AvgIpc) is 2.81. The Hall–Kier alpha value is -2.76. The number of hydrogen-bond acceptors (Lipinski definition) is 6. The Bertz CT molecular complexity index is 709. The van der Waals surface area contributed by atoms with Crippen LogP contribution >= 0.6 is 0 Å². The van der Waals surface area contributed by atoms with Crippen molar-refractivity contribution in [3.8, 4) is 5.75 Å². The number of nitrogen functional groups attached to an aromatic ring is 2. The standard InChI is InChI=1S/C13H12N4O2/c14-11-10-8(6-18-9-4-2-1-3-5-9)7-19-12(10)17-13(15)16-11/h1-5,7H,6H2,(H4,14,15,16,17). The number of rotatable bonds is 3. The molecule has 0 aliphatic carbocycles. The van der Waals surface area contributed by atoms with Crippen LogP contribution in [0.25, 0.3) is 11.1 Å². The quantitative estimate of drug-likeness (QED) is 0.743. The molecule has 6 nitrogen and oxygen atoms in total. The third-order valence-corrected chi connectivity index (χ3v) is 2.69. The molecule has 19 heavy (non-hydrogen) atoms. The second kappa shape index (κ2) is 4.49. The Morgan fingerprint density at radius 3 is 2.68 bits per heavy atom. The smallest absolute Gasteiger partial charge is 0.233 e. The van der Waals surface area contributed by atoms with Gasteiger partial charge in [0.15, 0.2) is 0 Å². The zero-order chi connectivity index (χ0) is 13.2. The van der Waals surface area contributed by atoms with E-state index in [1.54, 1.807) is 6.26 Å². The summed E-state index contributed by atoms with van der Waals surface area (Å²) < 4.78 is 10.9. The fourth-order valence-corrected chi connectivity index (χ4v) is 1.83. The van der Waals surface area contributed by atoms with E-state index in [1.165, 1.54) is 0 Å². The Morgan fingerprint density at radius 2 is 1.89 bits per heavy atom. The van der Waals surface area contributed by atoms with Gasteiger partial charge in [0.2, 0.25) is 11.7 Å². The average molecular weight is 256 g/mol. The second-order valence-corrected chi connectivity index (χ2v) is 4.01. The molecule has 1 aromatic carbocycles. The number of ether oxygens (including phenoxy) is 1. The molecule has 2 heterocycles. The molecule has 0 bridgehead atoms. The molecular formula is C13H12N4O2. The lowest BCUT2D eigenvalue weighted by molar-refractivity contribution is 0.306. The minimum Gasteiger partial charge on any atom is -0.489 e. The largest absolute Gasteiger partial charge is 0.489 e. The van der Waals surface area contributed by atoms with Gasteiger partial charge in [-0.25, -0.2) is 0 Å². The van der Waals surface area contributed by atoms with Gasteiger partial charge in [0.1, 0.15) is 24.4 Å². The van der Waals surface area contributed by atoms with Gasteiger partial charge in [0.05, 0.1) is 5.39 Å². The van der Waals surface area contributed by atoms with Crippen LogP contribution in [0.1, 0.15) is 5.56 Å². The van der Waals surface area contributed by atoms with Crippen molar-refractivity contribution in [1.29, 1.82) is 0 Å². The van der Waals surface area contributed by atoms with Crippen molar-refractivity contribution >= 4 is 22.9 Å². The van der Waals surface area contributed by atoms with Gasteiger partial charge >= 0.3 is 0 Å². The Kier molecular flexibility index (Phi) is 2.68. The van der Waals surface area contributed by atoms with Crippen molar-refractivity contribution in [2.24, 2.45) is 0 Å². The summed E-state index contributed by atoms with van der Waals surface area (Å²) in [5.41, 5.74) is 12.5. The summed E-state index contributed by atoms with van der Waals surface area (Å²) in [6, 6.07) is 9.48. The fraction of sp³-hybridized carbons (Fsp3) is 0.0769. The zero-order valence-electron chi connectivity index (χ0n) is 10.0. The first kappa shape index (κ1) is 11.3. The van der Waals surface area contributed by atoms with Crippen LogP contribution in [0, 0.1) is 0 Å². The van der Waals surface area contributed by atoms with Crippen LogP contribution in [0.15, 0.2) is 41.0 Å². The molecule has 0 radical (unpaired) electrons. The highest BCUT2D eigenvalue weighted by molar-refractivity contribution is 5.88. The molecule has 0 fully saturated rings. The first-order valence-corrected chi connectivity index (χ1v) is 5.71. The summed E-state index contributed by atoms with van der Waals surface area (Å²) in [4.78, 5) is 7.90. The summed E-state index contributed by atoms with van der Waals surface area (Å²) in [6.07, 6.45) is 1.55. The highest BCUT2D eigenvalue weighted by Crippen LogP contribution is 2.26. The minimum atomic E-state index is 0.0925. The van der Waals surface area contributed by atoms with Crippen LogP contribution in [-0.4, -0.2) is 9.97 Å². The van der Waals surface area contributed by atoms with E-state index in [9.17, 15) is 0 Å². The highest BCUT2D eigenvalue weighted by Gasteiger charge is 2.13. The van der Waals surface area contributed by atoms with Gasteiger partial charge in [-0.05, 0) is 12.1 Å². The predicted octanol–water partition coefficient (Wildman–Crippen LogP) is 1.97. The number of para-hydroxylation sites is 1. The molecule has 3 aromatic rings. The van der Waals surface area contributed by atoms with Gasteiger partial charge in [-0.1, -0.05) is 18.2 Å². The molecule has 0 aliphatic rings. The van der Waals surface area contributed by atoms with Gasteiger partial charge in [0.25, 0.3) is 0 Å². The van der Waals surface area contributed by atoms with Gasteiger partial charge in [0, 0.05) is 5.56 Å². The number of fused-ring (bicyclic) bond motifs is 1. The van der Waals surface area contributed by atoms with E-state index in [0.717, 1.165) is 11.3 Å². The van der Waals surface area contributed by atoms with E-state index >= 15 is 0 Å². The third-order valence-electron chi connectivity index (χ3n) is 2.69. The van der Waals surface area contributed by atoms with E-state index < -0.39 is 0 Å². The molecule has 0 unspecified atom stereocenters. The predicted molar refractivity (Wildman–Crippen MR) is 71.4 cm³/mol. The fourth-order valence-electron chi connectivity index (χ4n) is 1.83. The lowest BCUT2D eigenvalue weighted by Gasteiger charge is -2.04. The summed E-state index contributed by atoms with van der Waals surface area (Å²) in [5, 5.41) is 0.644. The molecule has 96 valence electrons. The molecule has 0 amide bonds. The van der Waals surface area contributed by atoms with Crippen LogP contribution in [0.4, 0.5) is 11.8 Å². The molecule has 6 heteroatoms. The molecule has 4 N–H and O–H groups in total. The number of nitrogens with two attached hydrogens (primary N) is 2. The molecule has 0 saturated heterocycles. The first-order valence-electron chi connectivity index (χ1n) is 5.71. The molecular weight excluding hydrogens is 244 g/mol. The molecule has 0 atom stereocenters. The summed E-state index contributed by atoms with van der Waals surface area (Å²) >= 11 is 0. The summed E-state index contributed by atoms with van der Waals surface area (Å²) in [7, 11) is 0. The van der Waals surface area contributed by atoms with Crippen LogP contribution in [0.5, 0.6) is 5.75 Å². The Morgan fingerprint density at radius 1 is 1.11 bits per heavy atom. The normalized spacial score (nSPS) is 10.7. The number of furan rings is 1. The maximum absolute atomic E-state index is 5.82. The van der Waals surface area contributed by atoms with E-state index in [2.05, 4.69) is 9.97 Å². The molecule has 0 spiro atoms. The lowest BCUT2D eigenvalue weighted by atomic mass is 10.2. The minimum absolute atomic E-state index is 0.0925. The Labute approximate surface area is 109 Å². The maximum atomic E-state index is 5.82. The number of anilines is 2. The van der Waals surface area contributed by atoms with Crippen molar-refractivity contribution in [2.45, 2.75) is 6.61 Å². The molecule has 0 saturated carbocycles. The van der Waals surface area contributed by atoms with Crippen LogP contribution < -0.4 is 16.2 Å². The monoisotopic (exact) mass is 256 g/mol. The third kappa shape index (κ3) is 2.15. The van der Waals surface area contributed by atoms with Crippen LogP contribution in [0.2, 0.25) is 0 Å². The number of nitrogens with zero attached hydrogens (tertiary/aromatic N) is 2. The van der Waals surface area contributed by atoms with Crippen molar-refractivity contribution in [3.05, 3.63) is 42.2 Å². The van der Waals surface area contributed by atoms with Gasteiger partial charge < -0.3 is 20.6 Å². The van der Waals surface area contributed by atoms with Crippen LogP contribution in [-0.2, 0) is 6.61 Å². The van der Waals surface area contributed by atoms with Gasteiger partial charge in [-0.2, -0.15) is 9.97 Å². The lowest BCUT2D eigenvalue weighted by Crippen LogP contribution is -2.01. The summed E-state index contributed by atoms with van der Waals surface area (Å²) in [6.45, 7) is 0.328. The van der Waals surface area contributed by atoms with Crippen molar-refractivity contribution < 1.29 is 9.15 Å². The van der Waals surface area contributed by atoms with Crippen LogP contribution in [0.3, 0.4) is 0 Å². The number of hydrogen-bond donors (Lipinski definition) is 2. The first-order chi connectivity index (χ1) is 9.24. The summed E-state index contributed by atoms with van der Waals surface area (Å²) in [5.74, 6) is 1.16. The molecule has 2 aromatic heterocycles. The van der Waals surface area contributed by atoms with Gasteiger partial charge in [-0.3, -0.25) is 0 Å². The van der Waals surface area contributed by atoms with E-state index in [4.69, 9.17) is 20.6 Å². The van der Waals surface area contributed by atoms with Crippen molar-refractivity contribution in [2.75, 3.05) is 11.5 Å². The SMILES string of the molecule is Nc1nc(N)c2c(COc3ccccc3)coc2n1. The topological polar surface area (TPSA) is 100 Å². The number of aromatic nitrogens is 2. The van der Waals surface area contributed by atoms with Crippen molar-refractivity contribution in [1.82, 2.24) is 9.97 Å². The van der Waals surface area contributed by atoms with E-state index in [1.807, 2.05) is 30.3 Å². The highest BCUT2D eigenvalue weighted by atomic mass is 16.5. The second-order valence-electron chi connectivity index (χ2n) is 4.01. The maximum Gasteiger partial charge on any atom is 0.233 e. The van der Waals surface area contributed by atoms with Crippen molar-refractivity contribution in [3.63, 3.8) is 0 Å². The van der Waals surface area contributed by atoms with E-state index in [0.29, 0.717) is 23.5 Å². The zero-order valence-corrected chi connectivity index (χ0v) is 10.0. The Balaban J connectivity index is 1.90.